The summed E-state index contributed by atoms with van der Waals surface area (Å²) in [7, 11) is 0. The molecule has 0 saturated carbocycles. The van der Waals surface area contributed by atoms with E-state index in [0.717, 1.165) is 41.9 Å². The smallest absolute Gasteiger partial charge is 0.0953 e. The fraction of sp³-hybridized carbons (Fsp3) is 0.400. The van der Waals surface area contributed by atoms with E-state index >= 15 is 0 Å². The Bertz CT molecular complexity index is 528. The SMILES string of the molecule is CCCCOCCNc1ccc(N)c2cccnc12. The second-order valence-electron chi connectivity index (χ2n) is 4.49. The molecule has 2 rings (SSSR count). The van der Waals surface area contributed by atoms with Crippen molar-refractivity contribution in [2.45, 2.75) is 19.8 Å². The van der Waals surface area contributed by atoms with Crippen molar-refractivity contribution in [3.63, 3.8) is 0 Å². The van der Waals surface area contributed by atoms with Gasteiger partial charge in [0.25, 0.3) is 0 Å². The summed E-state index contributed by atoms with van der Waals surface area (Å²) in [6, 6.07) is 7.76. The molecule has 0 aliphatic rings. The largest absolute Gasteiger partial charge is 0.398 e. The molecule has 0 aliphatic carbocycles. The Kier molecular flexibility index (Phi) is 4.98. The Hall–Kier alpha value is -1.81. The van der Waals surface area contributed by atoms with Gasteiger partial charge in [0.1, 0.15) is 0 Å². The second-order valence-corrected chi connectivity index (χ2v) is 4.49. The van der Waals surface area contributed by atoms with Crippen molar-refractivity contribution in [3.8, 4) is 0 Å². The van der Waals surface area contributed by atoms with Crippen LogP contribution in [0.1, 0.15) is 19.8 Å². The number of nitrogens with one attached hydrogen (secondary N) is 1. The number of hydrogen-bond donors (Lipinski definition) is 2. The van der Waals surface area contributed by atoms with Crippen LogP contribution in [0.4, 0.5) is 11.4 Å². The van der Waals surface area contributed by atoms with Crippen molar-refractivity contribution < 1.29 is 4.74 Å². The van der Waals surface area contributed by atoms with Crippen molar-refractivity contribution in [3.05, 3.63) is 30.5 Å². The highest BCUT2D eigenvalue weighted by Crippen LogP contribution is 2.25. The topological polar surface area (TPSA) is 60.2 Å². The minimum atomic E-state index is 0.707. The summed E-state index contributed by atoms with van der Waals surface area (Å²) >= 11 is 0. The van der Waals surface area contributed by atoms with E-state index in [0.29, 0.717) is 6.61 Å². The van der Waals surface area contributed by atoms with Crippen LogP contribution in [0.3, 0.4) is 0 Å². The first kappa shape index (κ1) is 13.6. The third kappa shape index (κ3) is 3.58. The predicted octanol–water partition coefficient (Wildman–Crippen LogP) is 3.05. The molecule has 0 atom stereocenters. The molecule has 4 heteroatoms. The van der Waals surface area contributed by atoms with Gasteiger partial charge in [0.15, 0.2) is 0 Å². The van der Waals surface area contributed by atoms with Gasteiger partial charge in [0.2, 0.25) is 0 Å². The van der Waals surface area contributed by atoms with Crippen LogP contribution in [-0.2, 0) is 4.74 Å². The van der Waals surface area contributed by atoms with Crippen molar-refractivity contribution in [2.75, 3.05) is 30.8 Å². The lowest BCUT2D eigenvalue weighted by Gasteiger charge is -2.10. The highest BCUT2D eigenvalue weighted by atomic mass is 16.5. The number of aromatic nitrogens is 1. The number of pyridine rings is 1. The van der Waals surface area contributed by atoms with Crippen LogP contribution in [0.2, 0.25) is 0 Å². The summed E-state index contributed by atoms with van der Waals surface area (Å²) in [5.41, 5.74) is 8.62. The molecule has 2 aromatic rings. The molecule has 0 amide bonds. The van der Waals surface area contributed by atoms with Gasteiger partial charge < -0.3 is 15.8 Å². The van der Waals surface area contributed by atoms with Crippen LogP contribution in [0, 0.1) is 0 Å². The minimum Gasteiger partial charge on any atom is -0.398 e. The minimum absolute atomic E-state index is 0.707. The van der Waals surface area contributed by atoms with Gasteiger partial charge in [-0.05, 0) is 30.7 Å². The van der Waals surface area contributed by atoms with E-state index in [1.165, 1.54) is 6.42 Å². The molecule has 0 aliphatic heterocycles. The molecule has 3 N–H and O–H groups in total. The van der Waals surface area contributed by atoms with Crippen LogP contribution in [0.25, 0.3) is 10.9 Å². The third-order valence-electron chi connectivity index (χ3n) is 3.01. The first-order valence-corrected chi connectivity index (χ1v) is 6.77. The number of nitrogens with zero attached hydrogens (tertiary/aromatic N) is 1. The van der Waals surface area contributed by atoms with E-state index in [4.69, 9.17) is 10.5 Å². The summed E-state index contributed by atoms with van der Waals surface area (Å²) in [6.45, 7) is 4.48. The number of anilines is 2. The van der Waals surface area contributed by atoms with E-state index < -0.39 is 0 Å². The zero-order valence-corrected chi connectivity index (χ0v) is 11.4. The van der Waals surface area contributed by atoms with Gasteiger partial charge in [0, 0.05) is 30.4 Å². The van der Waals surface area contributed by atoms with Crippen LogP contribution in [0.5, 0.6) is 0 Å². The molecule has 0 saturated heterocycles. The van der Waals surface area contributed by atoms with Crippen molar-refractivity contribution in [1.82, 2.24) is 4.98 Å². The number of ether oxygens (including phenoxy) is 1. The first-order valence-electron chi connectivity index (χ1n) is 6.77. The lowest BCUT2D eigenvalue weighted by atomic mass is 10.1. The molecule has 1 aromatic carbocycles. The Balaban J connectivity index is 1.96. The van der Waals surface area contributed by atoms with E-state index in [1.807, 2.05) is 24.3 Å². The summed E-state index contributed by atoms with van der Waals surface area (Å²) in [5.74, 6) is 0. The maximum atomic E-state index is 5.94. The monoisotopic (exact) mass is 259 g/mol. The van der Waals surface area contributed by atoms with Gasteiger partial charge >= 0.3 is 0 Å². The summed E-state index contributed by atoms with van der Waals surface area (Å²) < 4.78 is 5.52. The molecule has 0 radical (unpaired) electrons. The Labute approximate surface area is 114 Å². The molecule has 19 heavy (non-hydrogen) atoms. The van der Waals surface area contributed by atoms with E-state index in [-0.39, 0.29) is 0 Å². The molecule has 0 fully saturated rings. The second kappa shape index (κ2) is 6.95. The van der Waals surface area contributed by atoms with Crippen molar-refractivity contribution in [1.29, 1.82) is 0 Å². The maximum Gasteiger partial charge on any atom is 0.0953 e. The number of nitrogens with two attached hydrogens (primary N) is 1. The molecule has 4 nitrogen and oxygen atoms in total. The number of rotatable bonds is 7. The van der Waals surface area contributed by atoms with Crippen LogP contribution in [0.15, 0.2) is 30.5 Å². The fourth-order valence-corrected chi connectivity index (χ4v) is 1.94. The Morgan fingerprint density at radius 1 is 1.26 bits per heavy atom. The zero-order valence-electron chi connectivity index (χ0n) is 11.4. The van der Waals surface area contributed by atoms with Crippen molar-refractivity contribution >= 4 is 22.3 Å². The van der Waals surface area contributed by atoms with E-state index in [2.05, 4.69) is 17.2 Å². The molecule has 0 bridgehead atoms. The zero-order chi connectivity index (χ0) is 13.5. The molecule has 1 aromatic heterocycles. The number of benzene rings is 1. The summed E-state index contributed by atoms with van der Waals surface area (Å²) in [4.78, 5) is 4.39. The number of unbranched alkanes of at least 4 members (excludes halogenated alkanes) is 1. The average molecular weight is 259 g/mol. The van der Waals surface area contributed by atoms with Crippen molar-refractivity contribution in [2.24, 2.45) is 0 Å². The predicted molar refractivity (Wildman–Crippen MR) is 80.4 cm³/mol. The molecule has 102 valence electrons. The lowest BCUT2D eigenvalue weighted by Crippen LogP contribution is -2.10. The van der Waals surface area contributed by atoms with Gasteiger partial charge in [-0.3, -0.25) is 4.98 Å². The van der Waals surface area contributed by atoms with Gasteiger partial charge in [-0.15, -0.1) is 0 Å². The lowest BCUT2D eigenvalue weighted by molar-refractivity contribution is 0.141. The normalized spacial score (nSPS) is 10.8. The first-order chi connectivity index (χ1) is 9.33. The highest BCUT2D eigenvalue weighted by molar-refractivity contribution is 5.98. The van der Waals surface area contributed by atoms with Gasteiger partial charge in [0.05, 0.1) is 17.8 Å². The third-order valence-corrected chi connectivity index (χ3v) is 3.01. The standard InChI is InChI=1S/C15H21N3O/c1-2-3-10-19-11-9-17-14-7-6-13(16)12-5-4-8-18-15(12)14/h4-8,17H,2-3,9-11,16H2,1H3. The molecule has 0 unspecified atom stereocenters. The number of nitrogen functional groups attached to an aromatic ring is 1. The quantitative estimate of drug-likeness (QED) is 0.592. The molecular weight excluding hydrogens is 238 g/mol. The average Bonchev–Trinajstić information content (AvgIpc) is 2.45. The van der Waals surface area contributed by atoms with Crippen LogP contribution >= 0.6 is 0 Å². The van der Waals surface area contributed by atoms with E-state index in [1.54, 1.807) is 6.20 Å². The van der Waals surface area contributed by atoms with Gasteiger partial charge in [-0.2, -0.15) is 0 Å². The number of fused-ring (bicyclic) bond motifs is 1. The van der Waals surface area contributed by atoms with Gasteiger partial charge in [-0.1, -0.05) is 13.3 Å². The van der Waals surface area contributed by atoms with E-state index in [9.17, 15) is 0 Å². The summed E-state index contributed by atoms with van der Waals surface area (Å²) in [6.07, 6.45) is 4.07. The highest BCUT2D eigenvalue weighted by Gasteiger charge is 2.04. The molecule has 1 heterocycles. The summed E-state index contributed by atoms with van der Waals surface area (Å²) in [5, 5.41) is 4.33. The molecular formula is C15H21N3O. The Morgan fingerprint density at radius 2 is 2.16 bits per heavy atom. The Morgan fingerprint density at radius 3 is 3.00 bits per heavy atom. The number of hydrogen-bond acceptors (Lipinski definition) is 4. The molecule has 0 spiro atoms. The van der Waals surface area contributed by atoms with Crippen LogP contribution in [-0.4, -0.2) is 24.7 Å². The van der Waals surface area contributed by atoms with Crippen LogP contribution < -0.4 is 11.1 Å². The van der Waals surface area contributed by atoms with Gasteiger partial charge in [-0.25, -0.2) is 0 Å². The maximum absolute atomic E-state index is 5.94. The fourth-order valence-electron chi connectivity index (χ4n) is 1.94.